The molecule has 1 unspecified atom stereocenters. The predicted molar refractivity (Wildman–Crippen MR) is 74.7 cm³/mol. The van der Waals surface area contributed by atoms with Gasteiger partial charge < -0.3 is 5.73 Å². The van der Waals surface area contributed by atoms with Crippen molar-refractivity contribution in [3.63, 3.8) is 0 Å². The fourth-order valence-corrected chi connectivity index (χ4v) is 2.26. The average Bonchev–Trinajstić information content (AvgIpc) is 2.63. The number of aliphatic imine (C=N–C) groups is 1. The quantitative estimate of drug-likeness (QED) is 0.888. The van der Waals surface area contributed by atoms with Gasteiger partial charge in [-0.05, 0) is 37.5 Å². The number of rotatable bonds is 3. The van der Waals surface area contributed by atoms with Crippen LogP contribution in [0.5, 0.6) is 0 Å². The second-order valence-corrected chi connectivity index (χ2v) is 4.95. The zero-order chi connectivity index (χ0) is 14.2. The third-order valence-electron chi connectivity index (χ3n) is 3.62. The Hall–Kier alpha value is -1.91. The fraction of sp³-hybridized carbons (Fsp3) is 0.500. The number of hydrogen-bond acceptors (Lipinski definition) is 4. The number of carbonyl (C=O) groups excluding carboxylic acids is 1. The Labute approximate surface area is 113 Å². The maximum Gasteiger partial charge on any atom is 0.261 e. The molecule has 5 heteroatoms. The molecular weight excluding hydrogens is 240 g/mol. The normalized spacial score (nSPS) is 22.8. The molecule has 0 radical (unpaired) electrons. The van der Waals surface area contributed by atoms with Crippen LogP contribution in [0.25, 0.3) is 0 Å². The highest BCUT2D eigenvalue weighted by molar-refractivity contribution is 6.06. The summed E-state index contributed by atoms with van der Waals surface area (Å²) in [5, 5.41) is 0. The monoisotopic (exact) mass is 260 g/mol. The number of guanidine groups is 1. The minimum absolute atomic E-state index is 0.0969. The van der Waals surface area contributed by atoms with Gasteiger partial charge in [-0.25, -0.2) is 4.99 Å². The molecule has 2 rings (SSSR count). The van der Waals surface area contributed by atoms with Crippen molar-refractivity contribution in [1.29, 1.82) is 0 Å². The smallest absolute Gasteiger partial charge is 0.261 e. The molecule has 0 bridgehead atoms. The first-order chi connectivity index (χ1) is 8.92. The summed E-state index contributed by atoms with van der Waals surface area (Å²) in [6.45, 7) is 5.90. The first-order valence-electron chi connectivity index (χ1n) is 6.56. The van der Waals surface area contributed by atoms with Gasteiger partial charge in [0.25, 0.3) is 5.91 Å². The topological polar surface area (TPSA) is 71.6 Å². The summed E-state index contributed by atoms with van der Waals surface area (Å²) in [6.07, 6.45) is 1.67. The van der Waals surface area contributed by atoms with Crippen molar-refractivity contribution in [3.05, 3.63) is 29.1 Å². The Morgan fingerprint density at radius 2 is 1.79 bits per heavy atom. The molecule has 0 fully saturated rings. The molecule has 1 aromatic rings. The Balaban J connectivity index is 2.55. The number of pyridine rings is 1. The molecule has 102 valence electrons. The molecule has 2 heterocycles. The third-order valence-corrected chi connectivity index (χ3v) is 3.62. The van der Waals surface area contributed by atoms with Crippen molar-refractivity contribution in [2.45, 2.75) is 39.2 Å². The molecule has 0 aromatic carbocycles. The average molecular weight is 260 g/mol. The maximum atomic E-state index is 12.3. The number of likely N-dealkylation sites (N-methyl/N-ethyl adjacent to an activating group) is 1. The van der Waals surface area contributed by atoms with Crippen LogP contribution in [0, 0.1) is 0 Å². The summed E-state index contributed by atoms with van der Waals surface area (Å²) in [4.78, 5) is 22.6. The van der Waals surface area contributed by atoms with E-state index in [1.54, 1.807) is 14.0 Å². The first-order valence-corrected chi connectivity index (χ1v) is 6.56. The molecule has 0 saturated carbocycles. The van der Waals surface area contributed by atoms with Crippen molar-refractivity contribution >= 4 is 11.9 Å². The van der Waals surface area contributed by atoms with E-state index in [2.05, 4.69) is 9.98 Å². The van der Waals surface area contributed by atoms with Crippen molar-refractivity contribution in [1.82, 2.24) is 9.88 Å². The van der Waals surface area contributed by atoms with Gasteiger partial charge in [-0.2, -0.15) is 0 Å². The number of aryl methyl sites for hydroxylation is 2. The van der Waals surface area contributed by atoms with Crippen LogP contribution in [0.2, 0.25) is 0 Å². The lowest BCUT2D eigenvalue weighted by molar-refractivity contribution is -0.130. The second-order valence-electron chi connectivity index (χ2n) is 4.95. The number of carbonyl (C=O) groups is 1. The maximum absolute atomic E-state index is 12.3. The van der Waals surface area contributed by atoms with E-state index in [4.69, 9.17) is 5.73 Å². The fourth-order valence-electron chi connectivity index (χ4n) is 2.26. The van der Waals surface area contributed by atoms with Gasteiger partial charge in [-0.15, -0.1) is 0 Å². The first kappa shape index (κ1) is 13.5. The van der Waals surface area contributed by atoms with Gasteiger partial charge in [-0.1, -0.05) is 13.8 Å². The molecule has 0 aliphatic carbocycles. The van der Waals surface area contributed by atoms with Gasteiger partial charge in [0.15, 0.2) is 11.5 Å². The molecule has 5 nitrogen and oxygen atoms in total. The minimum atomic E-state index is -0.921. The van der Waals surface area contributed by atoms with Crippen LogP contribution in [0.15, 0.2) is 17.1 Å². The van der Waals surface area contributed by atoms with Crippen molar-refractivity contribution in [2.24, 2.45) is 10.7 Å². The van der Waals surface area contributed by atoms with Crippen LogP contribution < -0.4 is 5.73 Å². The molecule has 1 aliphatic heterocycles. The van der Waals surface area contributed by atoms with E-state index in [9.17, 15) is 4.79 Å². The van der Waals surface area contributed by atoms with E-state index in [0.717, 1.165) is 29.8 Å². The number of aromatic nitrogens is 1. The Morgan fingerprint density at radius 1 is 1.26 bits per heavy atom. The Kier molecular flexibility index (Phi) is 3.30. The van der Waals surface area contributed by atoms with Gasteiger partial charge in [0.05, 0.1) is 0 Å². The molecule has 1 amide bonds. The van der Waals surface area contributed by atoms with Crippen molar-refractivity contribution < 1.29 is 4.79 Å². The summed E-state index contributed by atoms with van der Waals surface area (Å²) < 4.78 is 0. The van der Waals surface area contributed by atoms with Crippen LogP contribution in [-0.4, -0.2) is 28.8 Å². The summed E-state index contributed by atoms with van der Waals surface area (Å²) in [5.74, 6) is 0.167. The van der Waals surface area contributed by atoms with E-state index in [1.165, 1.54) is 4.90 Å². The van der Waals surface area contributed by atoms with Gasteiger partial charge in [0.1, 0.15) is 0 Å². The zero-order valence-electron chi connectivity index (χ0n) is 11.9. The highest BCUT2D eigenvalue weighted by atomic mass is 16.2. The third kappa shape index (κ3) is 2.09. The highest BCUT2D eigenvalue weighted by Gasteiger charge is 2.44. The highest BCUT2D eigenvalue weighted by Crippen LogP contribution is 2.32. The van der Waals surface area contributed by atoms with E-state index >= 15 is 0 Å². The Morgan fingerprint density at radius 3 is 2.16 bits per heavy atom. The van der Waals surface area contributed by atoms with Crippen molar-refractivity contribution in [3.8, 4) is 0 Å². The lowest BCUT2D eigenvalue weighted by atomic mass is 9.91. The SMILES string of the molecule is CCc1cc(C2(C)N=C(N)N(C)C2=O)cc(CC)n1. The van der Waals surface area contributed by atoms with Crippen LogP contribution in [0.1, 0.15) is 37.7 Å². The number of hydrogen-bond donors (Lipinski definition) is 1. The molecule has 1 aliphatic rings. The number of nitrogens with zero attached hydrogens (tertiary/aromatic N) is 3. The largest absolute Gasteiger partial charge is 0.369 e. The standard InChI is InChI=1S/C14H20N4O/c1-5-10-7-9(8-11(6-2)16-10)14(3)12(19)18(4)13(15)17-14/h7-8H,5-6H2,1-4H3,(H2,15,17). The van der Waals surface area contributed by atoms with Crippen LogP contribution in [0.3, 0.4) is 0 Å². The lowest BCUT2D eigenvalue weighted by Gasteiger charge is -2.21. The summed E-state index contributed by atoms with van der Waals surface area (Å²) >= 11 is 0. The Bertz CT molecular complexity index is 530. The molecule has 1 aromatic heterocycles. The van der Waals surface area contributed by atoms with Gasteiger partial charge in [0, 0.05) is 18.4 Å². The lowest BCUT2D eigenvalue weighted by Crippen LogP contribution is -2.39. The van der Waals surface area contributed by atoms with Crippen LogP contribution >= 0.6 is 0 Å². The molecule has 0 saturated heterocycles. The van der Waals surface area contributed by atoms with E-state index < -0.39 is 5.54 Å². The van der Waals surface area contributed by atoms with E-state index in [-0.39, 0.29) is 11.9 Å². The van der Waals surface area contributed by atoms with Gasteiger partial charge in [-0.3, -0.25) is 14.7 Å². The second kappa shape index (κ2) is 4.64. The molecular formula is C14H20N4O. The summed E-state index contributed by atoms with van der Waals surface area (Å²) in [5.41, 5.74) is 7.67. The summed E-state index contributed by atoms with van der Waals surface area (Å²) in [7, 11) is 1.65. The van der Waals surface area contributed by atoms with E-state index in [1.807, 2.05) is 26.0 Å². The van der Waals surface area contributed by atoms with Crippen molar-refractivity contribution in [2.75, 3.05) is 7.05 Å². The number of nitrogens with two attached hydrogens (primary N) is 1. The predicted octanol–water partition coefficient (Wildman–Crippen LogP) is 1.21. The van der Waals surface area contributed by atoms with Gasteiger partial charge in [0.2, 0.25) is 0 Å². The zero-order valence-corrected chi connectivity index (χ0v) is 11.9. The summed E-state index contributed by atoms with van der Waals surface area (Å²) in [6, 6.07) is 3.90. The molecule has 1 atom stereocenters. The molecule has 2 N–H and O–H groups in total. The number of amides is 1. The molecule has 0 spiro atoms. The van der Waals surface area contributed by atoms with E-state index in [0.29, 0.717) is 0 Å². The van der Waals surface area contributed by atoms with Crippen LogP contribution in [-0.2, 0) is 23.2 Å². The van der Waals surface area contributed by atoms with Crippen LogP contribution in [0.4, 0.5) is 0 Å². The molecule has 19 heavy (non-hydrogen) atoms. The van der Waals surface area contributed by atoms with Gasteiger partial charge >= 0.3 is 0 Å². The minimum Gasteiger partial charge on any atom is -0.369 e.